The predicted molar refractivity (Wildman–Crippen MR) is 71.7 cm³/mol. The van der Waals surface area contributed by atoms with Crippen molar-refractivity contribution in [3.05, 3.63) is 34.9 Å². The minimum Gasteiger partial charge on any atom is -0.480 e. The first-order valence-electron chi connectivity index (χ1n) is 6.64. The van der Waals surface area contributed by atoms with Crippen LogP contribution in [0.4, 0.5) is 0 Å². The summed E-state index contributed by atoms with van der Waals surface area (Å²) < 4.78 is 0. The summed E-state index contributed by atoms with van der Waals surface area (Å²) in [6.45, 7) is 7.60. The van der Waals surface area contributed by atoms with E-state index in [9.17, 15) is 9.90 Å². The second-order valence-corrected chi connectivity index (χ2v) is 5.00. The van der Waals surface area contributed by atoms with Gasteiger partial charge in [0.1, 0.15) is 5.54 Å². The second-order valence-electron chi connectivity index (χ2n) is 5.00. The first kappa shape index (κ1) is 13.1. The van der Waals surface area contributed by atoms with Gasteiger partial charge in [-0.25, -0.2) is 4.79 Å². The Labute approximate surface area is 108 Å². The van der Waals surface area contributed by atoms with E-state index in [4.69, 9.17) is 0 Å². The number of hydrogen-bond acceptors (Lipinski definition) is 2. The Balaban J connectivity index is 2.59. The molecule has 98 valence electrons. The third-order valence-electron chi connectivity index (χ3n) is 4.12. The van der Waals surface area contributed by atoms with Crippen LogP contribution in [0.3, 0.4) is 0 Å². The largest absolute Gasteiger partial charge is 0.480 e. The summed E-state index contributed by atoms with van der Waals surface area (Å²) in [6.07, 6.45) is 1.54. The Morgan fingerprint density at radius 3 is 2.61 bits per heavy atom. The smallest absolute Gasteiger partial charge is 0.328 e. The fourth-order valence-electron chi connectivity index (χ4n) is 3.19. The molecule has 1 N–H and O–H groups in total. The van der Waals surface area contributed by atoms with E-state index >= 15 is 0 Å². The molecule has 0 aromatic heterocycles. The summed E-state index contributed by atoms with van der Waals surface area (Å²) >= 11 is 0. The van der Waals surface area contributed by atoms with Crippen LogP contribution in [0.1, 0.15) is 37.0 Å². The maximum absolute atomic E-state index is 11.9. The van der Waals surface area contributed by atoms with Crippen LogP contribution >= 0.6 is 0 Å². The van der Waals surface area contributed by atoms with Crippen LogP contribution in [0.25, 0.3) is 0 Å². The molecule has 3 nitrogen and oxygen atoms in total. The molecule has 1 atom stereocenters. The number of likely N-dealkylation sites (N-methyl/N-ethyl adjacent to an activating group) is 1. The lowest BCUT2D eigenvalue weighted by atomic mass is 9.88. The molecule has 0 saturated carbocycles. The lowest BCUT2D eigenvalue weighted by Gasteiger charge is -2.37. The van der Waals surface area contributed by atoms with Gasteiger partial charge in [0.15, 0.2) is 0 Å². The average molecular weight is 247 g/mol. The number of carboxylic acid groups (broad SMARTS) is 1. The van der Waals surface area contributed by atoms with Gasteiger partial charge in [-0.05, 0) is 44.0 Å². The third kappa shape index (κ3) is 1.74. The number of hydrogen-bond donors (Lipinski definition) is 1. The highest BCUT2D eigenvalue weighted by molar-refractivity contribution is 5.82. The lowest BCUT2D eigenvalue weighted by Crippen LogP contribution is -2.50. The first-order chi connectivity index (χ1) is 8.56. The van der Waals surface area contributed by atoms with Gasteiger partial charge in [-0.3, -0.25) is 4.90 Å². The Bertz CT molecular complexity index is 466. The first-order valence-corrected chi connectivity index (χ1v) is 6.64. The minimum atomic E-state index is -0.815. The Morgan fingerprint density at radius 2 is 2.06 bits per heavy atom. The molecule has 1 unspecified atom stereocenters. The van der Waals surface area contributed by atoms with Crippen LogP contribution in [0.2, 0.25) is 0 Å². The molecule has 0 aliphatic heterocycles. The molecule has 0 saturated heterocycles. The topological polar surface area (TPSA) is 40.5 Å². The lowest BCUT2D eigenvalue weighted by molar-refractivity contribution is -0.152. The van der Waals surface area contributed by atoms with E-state index < -0.39 is 11.5 Å². The summed E-state index contributed by atoms with van der Waals surface area (Å²) in [4.78, 5) is 14.0. The second kappa shape index (κ2) is 4.73. The summed E-state index contributed by atoms with van der Waals surface area (Å²) in [5, 5.41) is 9.79. The van der Waals surface area contributed by atoms with Gasteiger partial charge < -0.3 is 5.11 Å². The van der Waals surface area contributed by atoms with Gasteiger partial charge in [0.2, 0.25) is 0 Å². The fourth-order valence-corrected chi connectivity index (χ4v) is 3.19. The zero-order chi connectivity index (χ0) is 13.3. The number of carbonyl (C=O) groups is 1. The van der Waals surface area contributed by atoms with Crippen LogP contribution in [0.15, 0.2) is 18.2 Å². The van der Waals surface area contributed by atoms with E-state index in [1.54, 1.807) is 0 Å². The van der Waals surface area contributed by atoms with Crippen molar-refractivity contribution in [1.29, 1.82) is 0 Å². The number of carboxylic acids is 1. The van der Waals surface area contributed by atoms with Crippen molar-refractivity contribution < 1.29 is 9.90 Å². The number of aliphatic carboxylic acids is 1. The van der Waals surface area contributed by atoms with Gasteiger partial charge in [-0.15, -0.1) is 0 Å². The molecule has 1 aromatic carbocycles. The van der Waals surface area contributed by atoms with Crippen molar-refractivity contribution in [2.24, 2.45) is 0 Å². The van der Waals surface area contributed by atoms with Gasteiger partial charge in [-0.1, -0.05) is 37.6 Å². The number of benzene rings is 1. The number of aryl methyl sites for hydroxylation is 2. The molecular formula is C15H21NO2. The zero-order valence-electron chi connectivity index (χ0n) is 11.4. The number of nitrogens with zero attached hydrogens (tertiary/aromatic N) is 1. The van der Waals surface area contributed by atoms with Crippen LogP contribution < -0.4 is 0 Å². The molecule has 1 aliphatic rings. The maximum Gasteiger partial charge on any atom is 0.328 e. The summed E-state index contributed by atoms with van der Waals surface area (Å²) in [5.74, 6) is -0.712. The molecule has 1 aliphatic carbocycles. The Kier molecular flexibility index (Phi) is 3.44. The summed E-state index contributed by atoms with van der Waals surface area (Å²) in [7, 11) is 0. The molecule has 2 rings (SSSR count). The molecule has 3 heteroatoms. The standard InChI is InChI=1S/C15H21NO2/c1-4-16(5-2)15(14(17)18)9-8-12-7-6-11(3)10-13(12)15/h6-7,10H,4-5,8-9H2,1-3H3,(H,17,18). The zero-order valence-corrected chi connectivity index (χ0v) is 11.4. The van der Waals surface area contributed by atoms with Gasteiger partial charge in [0, 0.05) is 0 Å². The summed E-state index contributed by atoms with van der Waals surface area (Å²) in [6, 6.07) is 6.20. The number of rotatable bonds is 4. The number of fused-ring (bicyclic) bond motifs is 1. The molecular weight excluding hydrogens is 226 g/mol. The molecule has 0 spiro atoms. The van der Waals surface area contributed by atoms with Crippen LogP contribution in [0.5, 0.6) is 0 Å². The maximum atomic E-state index is 11.9. The van der Waals surface area contributed by atoms with Crippen molar-refractivity contribution >= 4 is 5.97 Å². The van der Waals surface area contributed by atoms with E-state index in [-0.39, 0.29) is 0 Å². The predicted octanol–water partition coefficient (Wildman–Crippen LogP) is 2.56. The molecule has 0 bridgehead atoms. The van der Waals surface area contributed by atoms with E-state index in [1.165, 1.54) is 5.56 Å². The molecule has 0 amide bonds. The van der Waals surface area contributed by atoms with E-state index in [2.05, 4.69) is 23.1 Å². The molecule has 0 heterocycles. The fraction of sp³-hybridized carbons (Fsp3) is 0.533. The van der Waals surface area contributed by atoms with Crippen molar-refractivity contribution in [2.75, 3.05) is 13.1 Å². The normalized spacial score (nSPS) is 22.2. The van der Waals surface area contributed by atoms with Gasteiger partial charge in [0.25, 0.3) is 0 Å². The van der Waals surface area contributed by atoms with E-state index in [0.29, 0.717) is 6.42 Å². The molecule has 18 heavy (non-hydrogen) atoms. The highest BCUT2D eigenvalue weighted by atomic mass is 16.4. The van der Waals surface area contributed by atoms with Crippen molar-refractivity contribution in [3.63, 3.8) is 0 Å². The summed E-state index contributed by atoms with van der Waals surface area (Å²) in [5.41, 5.74) is 2.51. The average Bonchev–Trinajstić information content (AvgIpc) is 2.71. The molecule has 0 radical (unpaired) electrons. The molecule has 1 aromatic rings. The van der Waals surface area contributed by atoms with Crippen LogP contribution in [-0.4, -0.2) is 29.1 Å². The highest BCUT2D eigenvalue weighted by Crippen LogP contribution is 2.42. The van der Waals surface area contributed by atoms with Gasteiger partial charge in [-0.2, -0.15) is 0 Å². The Morgan fingerprint density at radius 1 is 1.39 bits per heavy atom. The van der Waals surface area contributed by atoms with Gasteiger partial charge in [0.05, 0.1) is 0 Å². The van der Waals surface area contributed by atoms with Crippen molar-refractivity contribution in [3.8, 4) is 0 Å². The van der Waals surface area contributed by atoms with Crippen molar-refractivity contribution in [2.45, 2.75) is 39.2 Å². The minimum absolute atomic E-state index is 0.683. The Hall–Kier alpha value is -1.35. The van der Waals surface area contributed by atoms with Crippen LogP contribution in [-0.2, 0) is 16.8 Å². The molecule has 0 fully saturated rings. The monoisotopic (exact) mass is 247 g/mol. The van der Waals surface area contributed by atoms with Crippen molar-refractivity contribution in [1.82, 2.24) is 4.90 Å². The van der Waals surface area contributed by atoms with Gasteiger partial charge >= 0.3 is 5.97 Å². The van der Waals surface area contributed by atoms with E-state index in [0.717, 1.165) is 30.6 Å². The third-order valence-corrected chi connectivity index (χ3v) is 4.12. The SMILES string of the molecule is CCN(CC)C1(C(=O)O)CCc2ccc(C)cc21. The van der Waals surface area contributed by atoms with Crippen LogP contribution in [0, 0.1) is 6.92 Å². The van der Waals surface area contributed by atoms with E-state index in [1.807, 2.05) is 20.8 Å². The highest BCUT2D eigenvalue weighted by Gasteiger charge is 2.49. The quantitative estimate of drug-likeness (QED) is 0.889.